The Morgan fingerprint density at radius 3 is 2.25 bits per heavy atom. The van der Waals surface area contributed by atoms with Gasteiger partial charge in [0, 0.05) is 7.11 Å². The van der Waals surface area contributed by atoms with E-state index in [1.165, 1.54) is 14.0 Å². The van der Waals surface area contributed by atoms with Crippen molar-refractivity contribution in [3.8, 4) is 0 Å². The summed E-state index contributed by atoms with van der Waals surface area (Å²) in [7, 11) is 1.21. The van der Waals surface area contributed by atoms with E-state index < -0.39 is 36.6 Å². The average molecular weight is 243 g/mol. The van der Waals surface area contributed by atoms with Gasteiger partial charge in [-0.1, -0.05) is 0 Å². The van der Waals surface area contributed by atoms with Gasteiger partial charge in [-0.05, 0) is 6.92 Å². The normalized spacial score (nSPS) is 15.3. The molecule has 0 fully saturated rings. The molecule has 0 rings (SSSR count). The van der Waals surface area contributed by atoms with Crippen LogP contribution in [0.15, 0.2) is 0 Å². The summed E-state index contributed by atoms with van der Waals surface area (Å²) in [6.07, 6.45) is -6.51. The fraction of sp³-hybridized carbons (Fsp3) is 0.750. The Labute approximate surface area is 89.6 Å². The van der Waals surface area contributed by atoms with Gasteiger partial charge in [0.2, 0.25) is 0 Å². The molecule has 0 unspecified atom stereocenters. The van der Waals surface area contributed by atoms with Gasteiger partial charge in [0.25, 0.3) is 0 Å². The zero-order valence-electron chi connectivity index (χ0n) is 8.67. The third-order valence-corrected chi connectivity index (χ3v) is 1.91. The first-order valence-electron chi connectivity index (χ1n) is 4.30. The highest BCUT2D eigenvalue weighted by atomic mass is 19.4. The van der Waals surface area contributed by atoms with Crippen LogP contribution in [-0.2, 0) is 14.3 Å². The molecule has 0 aromatic carbocycles. The molecule has 0 spiro atoms. The molecular weight excluding hydrogens is 231 g/mol. The average Bonchev–Trinajstić information content (AvgIpc) is 2.13. The number of methoxy groups -OCH3 is 1. The molecule has 0 aromatic rings. The fourth-order valence-electron chi connectivity index (χ4n) is 0.937. The lowest BCUT2D eigenvalue weighted by Gasteiger charge is -2.23. The van der Waals surface area contributed by atoms with Crippen molar-refractivity contribution in [3.63, 3.8) is 0 Å². The predicted octanol–water partition coefficient (Wildman–Crippen LogP) is 0.543. The Kier molecular flexibility index (Phi) is 5.22. The van der Waals surface area contributed by atoms with Crippen molar-refractivity contribution in [3.05, 3.63) is 0 Å². The van der Waals surface area contributed by atoms with Crippen molar-refractivity contribution in [2.75, 3.05) is 7.11 Å². The van der Waals surface area contributed by atoms with E-state index >= 15 is 0 Å². The Bertz CT molecular complexity index is 266. The molecule has 0 aromatic heterocycles. The minimum absolute atomic E-state index is 0.642. The number of ether oxygens (including phenoxy) is 1. The number of hydrogen-bond donors (Lipinski definition) is 2. The van der Waals surface area contributed by atoms with Crippen molar-refractivity contribution < 1.29 is 32.6 Å². The van der Waals surface area contributed by atoms with Crippen LogP contribution in [0.4, 0.5) is 13.2 Å². The Morgan fingerprint density at radius 2 is 1.94 bits per heavy atom. The van der Waals surface area contributed by atoms with E-state index in [4.69, 9.17) is 5.11 Å². The number of carboxylic acids is 1. The third-order valence-electron chi connectivity index (χ3n) is 1.91. The number of carboxylic acid groups (broad SMARTS) is 1. The lowest BCUT2D eigenvalue weighted by atomic mass is 10.1. The Balaban J connectivity index is 4.55. The van der Waals surface area contributed by atoms with Crippen molar-refractivity contribution in [2.24, 2.45) is 0 Å². The van der Waals surface area contributed by atoms with Crippen LogP contribution in [0, 0.1) is 0 Å². The second-order valence-electron chi connectivity index (χ2n) is 3.12. The molecule has 0 saturated carbocycles. The number of nitrogens with one attached hydrogen (secondary N) is 1. The van der Waals surface area contributed by atoms with Crippen molar-refractivity contribution in [2.45, 2.75) is 31.7 Å². The van der Waals surface area contributed by atoms with Crippen LogP contribution in [-0.4, -0.2) is 42.4 Å². The van der Waals surface area contributed by atoms with Crippen LogP contribution in [0.3, 0.4) is 0 Å². The predicted molar refractivity (Wildman–Crippen MR) is 46.7 cm³/mol. The first kappa shape index (κ1) is 14.7. The Morgan fingerprint density at radius 1 is 1.44 bits per heavy atom. The van der Waals surface area contributed by atoms with Crippen LogP contribution < -0.4 is 5.32 Å². The molecule has 0 aliphatic carbocycles. The molecule has 0 aliphatic rings. The quantitative estimate of drug-likeness (QED) is 0.739. The van der Waals surface area contributed by atoms with Crippen LogP contribution in [0.1, 0.15) is 13.3 Å². The molecule has 2 atom stereocenters. The van der Waals surface area contributed by atoms with E-state index in [2.05, 4.69) is 4.74 Å². The van der Waals surface area contributed by atoms with E-state index in [0.29, 0.717) is 0 Å². The van der Waals surface area contributed by atoms with Crippen LogP contribution >= 0.6 is 0 Å². The molecule has 8 heteroatoms. The number of aliphatic carboxylic acids is 1. The lowest BCUT2D eigenvalue weighted by Crippen LogP contribution is -2.49. The first-order valence-corrected chi connectivity index (χ1v) is 4.30. The van der Waals surface area contributed by atoms with Crippen molar-refractivity contribution in [1.82, 2.24) is 5.32 Å². The van der Waals surface area contributed by atoms with Crippen LogP contribution in [0.5, 0.6) is 0 Å². The number of carbonyl (C=O) groups excluding carboxylic acids is 1. The smallest absolute Gasteiger partial charge is 0.471 e. The van der Waals surface area contributed by atoms with E-state index in [0.717, 1.165) is 0 Å². The summed E-state index contributed by atoms with van der Waals surface area (Å²) >= 11 is 0. The monoisotopic (exact) mass is 243 g/mol. The molecule has 5 nitrogen and oxygen atoms in total. The maximum absolute atomic E-state index is 11.9. The van der Waals surface area contributed by atoms with Gasteiger partial charge in [0.15, 0.2) is 0 Å². The number of halogens is 3. The van der Waals surface area contributed by atoms with Gasteiger partial charge in [-0.2, -0.15) is 13.2 Å². The molecule has 0 aliphatic heterocycles. The summed E-state index contributed by atoms with van der Waals surface area (Å²) in [6.45, 7) is 1.37. The summed E-state index contributed by atoms with van der Waals surface area (Å²) < 4.78 is 40.4. The second kappa shape index (κ2) is 5.69. The molecule has 16 heavy (non-hydrogen) atoms. The van der Waals surface area contributed by atoms with Crippen molar-refractivity contribution in [1.29, 1.82) is 0 Å². The summed E-state index contributed by atoms with van der Waals surface area (Å²) in [4.78, 5) is 21.0. The van der Waals surface area contributed by atoms with E-state index in [1.54, 1.807) is 5.32 Å². The topological polar surface area (TPSA) is 75.6 Å². The first-order chi connectivity index (χ1) is 7.18. The SMILES string of the molecule is CO[C@H](C)[C@@H](CC(=O)O)NC(=O)C(F)(F)F. The molecular formula is C8H12F3NO4. The maximum atomic E-state index is 11.9. The van der Waals surface area contributed by atoms with Gasteiger partial charge < -0.3 is 15.2 Å². The minimum atomic E-state index is -5.04. The van der Waals surface area contributed by atoms with Gasteiger partial charge in [0.05, 0.1) is 18.6 Å². The highest BCUT2D eigenvalue weighted by Gasteiger charge is 2.40. The van der Waals surface area contributed by atoms with Crippen LogP contribution in [0.2, 0.25) is 0 Å². The number of rotatable bonds is 5. The molecule has 0 saturated heterocycles. The fourth-order valence-corrected chi connectivity index (χ4v) is 0.937. The summed E-state index contributed by atoms with van der Waals surface area (Å²) in [5, 5.41) is 10.0. The lowest BCUT2D eigenvalue weighted by molar-refractivity contribution is -0.175. The standard InChI is InChI=1S/C8H12F3NO4/c1-4(16-2)5(3-6(13)14)12-7(15)8(9,10)11/h4-5H,3H2,1-2H3,(H,12,15)(H,13,14)/t4-,5-/m1/s1. The van der Waals surface area contributed by atoms with Gasteiger partial charge in [-0.3, -0.25) is 9.59 Å². The second-order valence-corrected chi connectivity index (χ2v) is 3.12. The van der Waals surface area contributed by atoms with Gasteiger partial charge in [0.1, 0.15) is 0 Å². The molecule has 0 radical (unpaired) electrons. The number of amides is 1. The zero-order chi connectivity index (χ0) is 12.9. The van der Waals surface area contributed by atoms with E-state index in [1.807, 2.05) is 0 Å². The number of hydrogen-bond acceptors (Lipinski definition) is 3. The molecule has 0 heterocycles. The van der Waals surface area contributed by atoms with Crippen LogP contribution in [0.25, 0.3) is 0 Å². The Hall–Kier alpha value is -1.31. The van der Waals surface area contributed by atoms with Crippen molar-refractivity contribution >= 4 is 11.9 Å². The van der Waals surface area contributed by atoms with Gasteiger partial charge in [-0.25, -0.2) is 0 Å². The van der Waals surface area contributed by atoms with E-state index in [9.17, 15) is 22.8 Å². The minimum Gasteiger partial charge on any atom is -0.481 e. The molecule has 0 bridgehead atoms. The molecule has 1 amide bonds. The van der Waals surface area contributed by atoms with E-state index in [-0.39, 0.29) is 0 Å². The highest BCUT2D eigenvalue weighted by Crippen LogP contribution is 2.15. The largest absolute Gasteiger partial charge is 0.481 e. The van der Waals surface area contributed by atoms with Gasteiger partial charge in [-0.15, -0.1) is 0 Å². The molecule has 94 valence electrons. The maximum Gasteiger partial charge on any atom is 0.471 e. The summed E-state index contributed by atoms with van der Waals surface area (Å²) in [6, 6.07) is -1.23. The summed E-state index contributed by atoms with van der Waals surface area (Å²) in [5.74, 6) is -3.50. The zero-order valence-corrected chi connectivity index (χ0v) is 8.67. The summed E-state index contributed by atoms with van der Waals surface area (Å²) in [5.41, 5.74) is 0. The third kappa shape index (κ3) is 4.96. The molecule has 2 N–H and O–H groups in total. The number of carbonyl (C=O) groups is 2. The highest BCUT2D eigenvalue weighted by molar-refractivity contribution is 5.82. The van der Waals surface area contributed by atoms with Gasteiger partial charge >= 0.3 is 18.1 Å². The number of alkyl halides is 3.